The Labute approximate surface area is 324 Å². The fourth-order valence-corrected chi connectivity index (χ4v) is 8.21. The molecule has 0 aliphatic heterocycles. The van der Waals surface area contributed by atoms with Crippen LogP contribution in [-0.4, -0.2) is 4.98 Å². The fraction of sp³-hybridized carbons (Fsp3) is 0. The molecule has 0 N–H and O–H groups in total. The van der Waals surface area contributed by atoms with E-state index in [-0.39, 0.29) is 0 Å². The van der Waals surface area contributed by atoms with Crippen molar-refractivity contribution in [1.82, 2.24) is 4.98 Å². The summed E-state index contributed by atoms with van der Waals surface area (Å²) in [5.74, 6) is 0.616. The standard InChI is InChI=1S/C53H34N2O/c1-2-10-39-32-40(17-16-35(39)8-1)41-24-30-49-42(33-41)18-19-43-34-46(29-31-50(43)49)55(45-27-22-38(23-28-45)53-54-51-14-5-6-15-52(51)56-53)44-25-20-37(21-26-44)48-13-7-11-36-9-3-4-12-47(36)48/h1-34H. The van der Waals surface area contributed by atoms with Crippen molar-refractivity contribution in [2.75, 3.05) is 4.90 Å². The number of rotatable bonds is 6. The summed E-state index contributed by atoms with van der Waals surface area (Å²) in [6.45, 7) is 0. The molecule has 1 aromatic heterocycles. The normalized spacial score (nSPS) is 11.6. The zero-order valence-electron chi connectivity index (χ0n) is 30.4. The topological polar surface area (TPSA) is 29.3 Å². The zero-order chi connectivity index (χ0) is 37.0. The molecule has 11 rings (SSSR count). The van der Waals surface area contributed by atoms with Gasteiger partial charge < -0.3 is 9.32 Å². The van der Waals surface area contributed by atoms with Gasteiger partial charge in [-0.05, 0) is 138 Å². The van der Waals surface area contributed by atoms with E-state index < -0.39 is 0 Å². The SMILES string of the molecule is c1ccc2cc(-c3ccc4c(ccc5cc(N(c6ccc(-c7nc8ccccc8o7)cc6)c6ccc(-c7cccc8ccccc78)cc6)ccc54)c3)ccc2c1. The van der Waals surface area contributed by atoms with Crippen LogP contribution < -0.4 is 4.90 Å². The zero-order valence-corrected chi connectivity index (χ0v) is 30.4. The van der Waals surface area contributed by atoms with E-state index in [1.54, 1.807) is 0 Å². The minimum absolute atomic E-state index is 0.616. The number of hydrogen-bond donors (Lipinski definition) is 0. The molecule has 3 heteroatoms. The van der Waals surface area contributed by atoms with Crippen LogP contribution in [0.5, 0.6) is 0 Å². The molecule has 0 radical (unpaired) electrons. The predicted molar refractivity (Wildman–Crippen MR) is 235 cm³/mol. The molecular weight excluding hydrogens is 681 g/mol. The van der Waals surface area contributed by atoms with Gasteiger partial charge in [0, 0.05) is 22.6 Å². The number of nitrogens with zero attached hydrogens (tertiary/aromatic N) is 2. The molecule has 3 nitrogen and oxygen atoms in total. The molecule has 0 atom stereocenters. The highest BCUT2D eigenvalue weighted by molar-refractivity contribution is 6.10. The number of anilines is 3. The molecule has 1 heterocycles. The third-order valence-corrected chi connectivity index (χ3v) is 11.1. The van der Waals surface area contributed by atoms with Gasteiger partial charge in [0.1, 0.15) is 5.52 Å². The summed E-state index contributed by atoms with van der Waals surface area (Å²) in [6.07, 6.45) is 0. The Bertz CT molecular complexity index is 3210. The average Bonchev–Trinajstić information content (AvgIpc) is 3.71. The van der Waals surface area contributed by atoms with E-state index in [9.17, 15) is 0 Å². The van der Waals surface area contributed by atoms with Gasteiger partial charge in [0.2, 0.25) is 5.89 Å². The van der Waals surface area contributed by atoms with Gasteiger partial charge in [0.15, 0.2) is 5.58 Å². The number of fused-ring (bicyclic) bond motifs is 6. The van der Waals surface area contributed by atoms with Gasteiger partial charge in [-0.3, -0.25) is 0 Å². The first-order valence-corrected chi connectivity index (χ1v) is 19.0. The Morgan fingerprint density at radius 2 is 0.893 bits per heavy atom. The van der Waals surface area contributed by atoms with E-state index in [1.165, 1.54) is 65.3 Å². The van der Waals surface area contributed by atoms with E-state index >= 15 is 0 Å². The minimum atomic E-state index is 0.616. The molecule has 0 amide bonds. The van der Waals surface area contributed by atoms with Crippen LogP contribution >= 0.6 is 0 Å². The van der Waals surface area contributed by atoms with Gasteiger partial charge in [0.25, 0.3) is 0 Å². The second-order valence-electron chi connectivity index (χ2n) is 14.4. The second kappa shape index (κ2) is 13.1. The van der Waals surface area contributed by atoms with Crippen molar-refractivity contribution in [3.05, 3.63) is 206 Å². The molecule has 0 aliphatic carbocycles. The first-order chi connectivity index (χ1) is 27.7. The van der Waals surface area contributed by atoms with Crippen LogP contribution in [0.2, 0.25) is 0 Å². The lowest BCUT2D eigenvalue weighted by Crippen LogP contribution is -2.09. The summed E-state index contributed by atoms with van der Waals surface area (Å²) in [6, 6.07) is 73.8. The first kappa shape index (κ1) is 32.0. The molecular formula is C53H34N2O. The van der Waals surface area contributed by atoms with Crippen LogP contribution in [0.25, 0.3) is 87.9 Å². The lowest BCUT2D eigenvalue weighted by molar-refractivity contribution is 0.620. The van der Waals surface area contributed by atoms with Crippen LogP contribution in [0.4, 0.5) is 17.1 Å². The lowest BCUT2D eigenvalue weighted by atomic mass is 9.96. The summed E-state index contributed by atoms with van der Waals surface area (Å²) < 4.78 is 6.12. The number of hydrogen-bond acceptors (Lipinski definition) is 3. The van der Waals surface area contributed by atoms with Crippen LogP contribution in [0.15, 0.2) is 211 Å². The second-order valence-corrected chi connectivity index (χ2v) is 14.4. The Morgan fingerprint density at radius 1 is 0.339 bits per heavy atom. The number of aromatic nitrogens is 1. The maximum absolute atomic E-state index is 6.12. The van der Waals surface area contributed by atoms with Gasteiger partial charge in [-0.1, -0.05) is 133 Å². The summed E-state index contributed by atoms with van der Waals surface area (Å²) in [5.41, 5.74) is 10.6. The third-order valence-electron chi connectivity index (χ3n) is 11.1. The van der Waals surface area contributed by atoms with Crippen LogP contribution in [0.1, 0.15) is 0 Å². The number of para-hydroxylation sites is 2. The number of benzene rings is 10. The Balaban J connectivity index is 0.993. The predicted octanol–water partition coefficient (Wildman–Crippen LogP) is 14.9. The van der Waals surface area contributed by atoms with E-state index in [0.29, 0.717) is 5.89 Å². The van der Waals surface area contributed by atoms with Crippen molar-refractivity contribution in [1.29, 1.82) is 0 Å². The van der Waals surface area contributed by atoms with E-state index in [4.69, 9.17) is 9.40 Å². The van der Waals surface area contributed by atoms with Crippen molar-refractivity contribution < 1.29 is 4.42 Å². The maximum Gasteiger partial charge on any atom is 0.227 e. The molecule has 0 unspecified atom stereocenters. The van der Waals surface area contributed by atoms with Gasteiger partial charge in [-0.2, -0.15) is 0 Å². The van der Waals surface area contributed by atoms with Crippen molar-refractivity contribution in [2.24, 2.45) is 0 Å². The molecule has 0 saturated heterocycles. The highest BCUT2D eigenvalue weighted by Gasteiger charge is 2.16. The molecule has 262 valence electrons. The molecule has 10 aromatic carbocycles. The van der Waals surface area contributed by atoms with Gasteiger partial charge in [-0.15, -0.1) is 0 Å². The van der Waals surface area contributed by atoms with Crippen molar-refractivity contribution in [2.45, 2.75) is 0 Å². The average molecular weight is 715 g/mol. The van der Waals surface area contributed by atoms with E-state index in [1.807, 2.05) is 24.3 Å². The molecule has 0 fully saturated rings. The van der Waals surface area contributed by atoms with Crippen LogP contribution in [0, 0.1) is 0 Å². The highest BCUT2D eigenvalue weighted by atomic mass is 16.3. The minimum Gasteiger partial charge on any atom is -0.436 e. The Kier molecular flexibility index (Phi) is 7.49. The van der Waals surface area contributed by atoms with Gasteiger partial charge in [-0.25, -0.2) is 4.98 Å². The molecule has 0 bridgehead atoms. The number of oxazole rings is 1. The molecule has 56 heavy (non-hydrogen) atoms. The summed E-state index contributed by atoms with van der Waals surface area (Å²) in [4.78, 5) is 7.08. The molecule has 0 aliphatic rings. The smallest absolute Gasteiger partial charge is 0.227 e. The van der Waals surface area contributed by atoms with Crippen molar-refractivity contribution >= 4 is 71.3 Å². The fourth-order valence-electron chi connectivity index (χ4n) is 8.21. The van der Waals surface area contributed by atoms with Crippen LogP contribution in [-0.2, 0) is 0 Å². The van der Waals surface area contributed by atoms with Gasteiger partial charge in [0.05, 0.1) is 0 Å². The summed E-state index contributed by atoms with van der Waals surface area (Å²) >= 11 is 0. The monoisotopic (exact) mass is 714 g/mol. The Morgan fingerprint density at radius 3 is 1.68 bits per heavy atom. The highest BCUT2D eigenvalue weighted by Crippen LogP contribution is 2.40. The molecule has 0 saturated carbocycles. The summed E-state index contributed by atoms with van der Waals surface area (Å²) in [5, 5.41) is 9.89. The molecule has 0 spiro atoms. The molecule has 11 aromatic rings. The largest absolute Gasteiger partial charge is 0.436 e. The van der Waals surface area contributed by atoms with Crippen LogP contribution in [0.3, 0.4) is 0 Å². The third kappa shape index (κ3) is 5.57. The van der Waals surface area contributed by atoms with E-state index in [0.717, 1.165) is 33.7 Å². The quantitative estimate of drug-likeness (QED) is 0.161. The summed E-state index contributed by atoms with van der Waals surface area (Å²) in [7, 11) is 0. The first-order valence-electron chi connectivity index (χ1n) is 19.0. The Hall–Kier alpha value is -7.49. The van der Waals surface area contributed by atoms with Gasteiger partial charge >= 0.3 is 0 Å². The van der Waals surface area contributed by atoms with Crippen molar-refractivity contribution in [3.63, 3.8) is 0 Å². The lowest BCUT2D eigenvalue weighted by Gasteiger charge is -2.26. The van der Waals surface area contributed by atoms with Crippen molar-refractivity contribution in [3.8, 4) is 33.7 Å². The maximum atomic E-state index is 6.12. The van der Waals surface area contributed by atoms with E-state index in [2.05, 4.69) is 187 Å².